The molecule has 0 unspecified atom stereocenters. The first-order valence-electron chi connectivity index (χ1n) is 5.62. The van der Waals surface area contributed by atoms with Gasteiger partial charge in [0.1, 0.15) is 0 Å². The van der Waals surface area contributed by atoms with Crippen LogP contribution in [-0.4, -0.2) is 24.8 Å². The van der Waals surface area contributed by atoms with Gasteiger partial charge in [0.15, 0.2) is 0 Å². The summed E-state index contributed by atoms with van der Waals surface area (Å²) in [6.07, 6.45) is 0. The van der Waals surface area contributed by atoms with E-state index in [0.29, 0.717) is 0 Å². The summed E-state index contributed by atoms with van der Waals surface area (Å²) < 4.78 is 42.2. The number of nitrogens with zero attached hydrogens (tertiary/aromatic N) is 1. The molecule has 0 aliphatic rings. The molecule has 0 rings (SSSR count). The van der Waals surface area contributed by atoms with Gasteiger partial charge in [0.2, 0.25) is 5.91 Å². The van der Waals surface area contributed by atoms with Crippen molar-refractivity contribution in [1.29, 1.82) is 0 Å². The van der Waals surface area contributed by atoms with Gasteiger partial charge in [-0.1, -0.05) is 20.8 Å². The fourth-order valence-corrected chi connectivity index (χ4v) is 0.335. The van der Waals surface area contributed by atoms with E-state index >= 15 is 0 Å². The van der Waals surface area contributed by atoms with Crippen LogP contribution in [0.2, 0.25) is 0 Å². The van der Waals surface area contributed by atoms with E-state index in [1.165, 1.54) is 20.8 Å². The van der Waals surface area contributed by atoms with Crippen molar-refractivity contribution < 1.29 is 13.0 Å². The van der Waals surface area contributed by atoms with Crippen molar-refractivity contribution in [1.82, 2.24) is 4.90 Å². The van der Waals surface area contributed by atoms with E-state index in [-0.39, 0.29) is 4.90 Å². The molecule has 0 aromatic carbocycles. The Kier molecular flexibility index (Phi) is 0.688. The predicted molar refractivity (Wildman–Crippen MR) is 38.1 cm³/mol. The van der Waals surface area contributed by atoms with E-state index in [1.54, 1.807) is 0 Å². The molecule has 0 saturated carbocycles. The molecule has 0 atom stereocenters. The maximum atomic E-state index is 11.7. The number of rotatable bonds is 0. The Morgan fingerprint density at radius 3 is 2.00 bits per heavy atom. The summed E-state index contributed by atoms with van der Waals surface area (Å²) in [5, 5.41) is 0. The van der Waals surface area contributed by atoms with Gasteiger partial charge >= 0.3 is 0 Å². The van der Waals surface area contributed by atoms with E-state index in [1.807, 2.05) is 0 Å². The van der Waals surface area contributed by atoms with Crippen LogP contribution in [0.4, 0.5) is 0 Å². The Labute approximate surface area is 65.3 Å². The van der Waals surface area contributed by atoms with Crippen LogP contribution in [0, 0.1) is 5.41 Å². The third kappa shape index (κ3) is 2.49. The Morgan fingerprint density at radius 2 is 1.89 bits per heavy atom. The third-order valence-electron chi connectivity index (χ3n) is 0.845. The Balaban J connectivity index is 5.26. The maximum absolute atomic E-state index is 11.7. The van der Waals surface area contributed by atoms with E-state index in [2.05, 4.69) is 0 Å². The Morgan fingerprint density at radius 1 is 1.44 bits per heavy atom. The quantitative estimate of drug-likeness (QED) is 0.487. The van der Waals surface area contributed by atoms with E-state index in [4.69, 9.17) is 8.22 Å². The van der Waals surface area contributed by atoms with Crippen LogP contribution in [0.25, 0.3) is 0 Å². The van der Waals surface area contributed by atoms with Gasteiger partial charge in [-0.05, 0) is 0 Å². The standard InChI is InChI=1S/C7H15NO/c1-7(2,3)6(9)8(4)5/h1-5H3/i4D3,5D3. The largest absolute Gasteiger partial charge is 0.348 e. The minimum absolute atomic E-state index is 0.0139. The molecular weight excluding hydrogens is 114 g/mol. The second-order valence-electron chi connectivity index (χ2n) is 2.89. The summed E-state index contributed by atoms with van der Waals surface area (Å²) in [5.74, 6) is -0.914. The molecule has 0 fully saturated rings. The van der Waals surface area contributed by atoms with Gasteiger partial charge in [-0.2, -0.15) is 0 Å². The fraction of sp³-hybridized carbons (Fsp3) is 0.857. The van der Waals surface area contributed by atoms with Crippen LogP contribution in [0.15, 0.2) is 0 Å². The van der Waals surface area contributed by atoms with Crippen molar-refractivity contribution in [2.24, 2.45) is 5.41 Å². The summed E-state index contributed by atoms with van der Waals surface area (Å²) in [7, 11) is 0. The number of amides is 1. The molecule has 2 nitrogen and oxygen atoms in total. The van der Waals surface area contributed by atoms with E-state index < -0.39 is 25.3 Å². The molecule has 0 radical (unpaired) electrons. The SMILES string of the molecule is [2H]C([2H])([2H])N(C(=O)C(C)(C)C)C([2H])([2H])[2H]. The van der Waals surface area contributed by atoms with Crippen molar-refractivity contribution in [2.45, 2.75) is 20.8 Å². The van der Waals surface area contributed by atoms with Gasteiger partial charge in [-0.15, -0.1) is 0 Å². The zero-order valence-corrected chi connectivity index (χ0v) is 5.86. The van der Waals surface area contributed by atoms with Crippen molar-refractivity contribution in [3.63, 3.8) is 0 Å². The average molecular weight is 135 g/mol. The minimum atomic E-state index is -2.95. The molecule has 0 aliphatic heterocycles. The zero-order valence-electron chi connectivity index (χ0n) is 11.9. The highest BCUT2D eigenvalue weighted by atomic mass is 16.2. The highest BCUT2D eigenvalue weighted by molar-refractivity contribution is 5.80. The maximum Gasteiger partial charge on any atom is 0.227 e. The zero-order chi connectivity index (χ0) is 12.7. The molecule has 1 amide bonds. The van der Waals surface area contributed by atoms with E-state index in [9.17, 15) is 4.79 Å². The van der Waals surface area contributed by atoms with Crippen molar-refractivity contribution in [3.05, 3.63) is 0 Å². The van der Waals surface area contributed by atoms with E-state index in [0.717, 1.165) is 0 Å². The molecule has 0 heterocycles. The number of carbonyl (C=O) groups is 1. The van der Waals surface area contributed by atoms with Crippen LogP contribution < -0.4 is 0 Å². The summed E-state index contributed by atoms with van der Waals surface area (Å²) in [4.78, 5) is 11.7. The average Bonchev–Trinajstić information content (AvgIpc) is 1.76. The molecule has 0 bridgehead atoms. The van der Waals surface area contributed by atoms with Crippen molar-refractivity contribution in [2.75, 3.05) is 14.0 Å². The first-order valence-corrected chi connectivity index (χ1v) is 2.62. The second-order valence-corrected chi connectivity index (χ2v) is 2.89. The van der Waals surface area contributed by atoms with Crippen LogP contribution in [0.3, 0.4) is 0 Å². The van der Waals surface area contributed by atoms with Crippen LogP contribution in [0.1, 0.15) is 29.0 Å². The number of hydrogen-bond acceptors (Lipinski definition) is 1. The lowest BCUT2D eigenvalue weighted by atomic mass is 9.95. The first-order chi connectivity index (χ1) is 6.28. The molecule has 54 valence electrons. The lowest BCUT2D eigenvalue weighted by Gasteiger charge is -2.21. The highest BCUT2D eigenvalue weighted by Gasteiger charge is 2.22. The molecule has 0 N–H and O–H groups in total. The molecule has 0 aromatic heterocycles. The third-order valence-corrected chi connectivity index (χ3v) is 0.845. The minimum Gasteiger partial charge on any atom is -0.348 e. The van der Waals surface area contributed by atoms with Crippen molar-refractivity contribution >= 4 is 5.91 Å². The van der Waals surface area contributed by atoms with Gasteiger partial charge in [-0.3, -0.25) is 4.79 Å². The molecule has 2 heteroatoms. The van der Waals surface area contributed by atoms with Gasteiger partial charge in [-0.25, -0.2) is 0 Å². The van der Waals surface area contributed by atoms with Gasteiger partial charge < -0.3 is 4.90 Å². The molecule has 9 heavy (non-hydrogen) atoms. The Bertz CT molecular complexity index is 234. The number of hydrogen-bond donors (Lipinski definition) is 0. The summed E-state index contributed by atoms with van der Waals surface area (Å²) in [6, 6.07) is 0. The lowest BCUT2D eigenvalue weighted by Crippen LogP contribution is -2.33. The van der Waals surface area contributed by atoms with Gasteiger partial charge in [0, 0.05) is 27.6 Å². The summed E-state index contributed by atoms with van der Waals surface area (Å²) in [5.41, 5.74) is -1.04. The fourth-order valence-electron chi connectivity index (χ4n) is 0.335. The van der Waals surface area contributed by atoms with Gasteiger partial charge in [0.05, 0.1) is 0 Å². The lowest BCUT2D eigenvalue weighted by molar-refractivity contribution is -0.136. The molecule has 0 aliphatic carbocycles. The van der Waals surface area contributed by atoms with Crippen LogP contribution in [-0.2, 0) is 4.79 Å². The van der Waals surface area contributed by atoms with Crippen LogP contribution in [0.5, 0.6) is 0 Å². The monoisotopic (exact) mass is 135 g/mol. The number of carbonyl (C=O) groups excluding carboxylic acids is 1. The summed E-state index contributed by atoms with van der Waals surface area (Å²) in [6.45, 7) is -1.48. The highest BCUT2D eigenvalue weighted by Crippen LogP contribution is 2.14. The topological polar surface area (TPSA) is 20.3 Å². The first kappa shape index (κ1) is 2.60. The Hall–Kier alpha value is -0.530. The molecular formula is C7H15NO. The smallest absolute Gasteiger partial charge is 0.227 e. The van der Waals surface area contributed by atoms with Gasteiger partial charge in [0.25, 0.3) is 0 Å². The second kappa shape index (κ2) is 2.38. The molecule has 0 saturated heterocycles. The normalized spacial score (nSPS) is 23.9. The van der Waals surface area contributed by atoms with Crippen molar-refractivity contribution in [3.8, 4) is 0 Å². The van der Waals surface area contributed by atoms with Crippen LogP contribution >= 0.6 is 0 Å². The molecule has 0 spiro atoms. The molecule has 0 aromatic rings. The summed E-state index contributed by atoms with van der Waals surface area (Å²) >= 11 is 0. The predicted octanol–water partition coefficient (Wildman–Crippen LogP) is 1.12.